The number of rotatable bonds is 7. The Kier molecular flexibility index (Phi) is 5.65. The summed E-state index contributed by atoms with van der Waals surface area (Å²) in [5, 5.41) is 24.3. The van der Waals surface area contributed by atoms with Gasteiger partial charge in [-0.25, -0.2) is 4.63 Å². The average molecular weight is 434 g/mol. The van der Waals surface area contributed by atoms with Gasteiger partial charge in [0.15, 0.2) is 5.52 Å². The van der Waals surface area contributed by atoms with Crippen molar-refractivity contribution in [3.05, 3.63) is 22.2 Å². The molecule has 2 N–H and O–H groups in total. The molecule has 0 fully saturated rings. The van der Waals surface area contributed by atoms with Gasteiger partial charge < -0.3 is 15.5 Å². The predicted octanol–water partition coefficient (Wildman–Crippen LogP) is 0.664. The van der Waals surface area contributed by atoms with Crippen LogP contribution < -0.4 is 15.5 Å². The molecular formula is C12H15IN6O4. The number of hydrogen-bond acceptors (Lipinski definition) is 8. The number of nitrogens with zero attached hydrogens (tertiary/aromatic N) is 4. The standard InChI is InChI=1S/C12H15IN6O4/c1-14-6-9(15-10(20)5-13)18(2)7-3-4-8(19(21)22)12-11(7)16-23-17-12/h3-4,9,14H,5-6H2,1-2H3,(H,15,20). The molecule has 1 amide bonds. The minimum atomic E-state index is -0.542. The first-order valence-electron chi connectivity index (χ1n) is 6.62. The summed E-state index contributed by atoms with van der Waals surface area (Å²) in [4.78, 5) is 23.9. The zero-order valence-electron chi connectivity index (χ0n) is 12.4. The Hall–Kier alpha value is -2.02. The third-order valence-electron chi connectivity index (χ3n) is 3.26. The van der Waals surface area contributed by atoms with Gasteiger partial charge in [0.1, 0.15) is 6.17 Å². The molecule has 11 heteroatoms. The van der Waals surface area contributed by atoms with Gasteiger partial charge in [0.2, 0.25) is 11.4 Å². The molecule has 1 unspecified atom stereocenters. The molecule has 0 radical (unpaired) electrons. The molecule has 0 saturated heterocycles. The number of amides is 1. The van der Waals surface area contributed by atoms with Crippen molar-refractivity contribution < 1.29 is 14.3 Å². The van der Waals surface area contributed by atoms with E-state index in [1.54, 1.807) is 25.1 Å². The molecule has 0 aliphatic heterocycles. The van der Waals surface area contributed by atoms with E-state index in [-0.39, 0.29) is 28.8 Å². The Labute approximate surface area is 144 Å². The first-order chi connectivity index (χ1) is 11.0. The Morgan fingerprint density at radius 2 is 2.17 bits per heavy atom. The number of carbonyl (C=O) groups excluding carboxylic acids is 1. The second-order valence-corrected chi connectivity index (χ2v) is 5.47. The summed E-state index contributed by atoms with van der Waals surface area (Å²) in [6.07, 6.45) is -0.358. The number of nitrogens with one attached hydrogen (secondary N) is 2. The van der Waals surface area contributed by atoms with Crippen LogP contribution in [0.15, 0.2) is 16.8 Å². The molecule has 10 nitrogen and oxygen atoms in total. The van der Waals surface area contributed by atoms with Crippen LogP contribution in [0.5, 0.6) is 0 Å². The highest BCUT2D eigenvalue weighted by Crippen LogP contribution is 2.31. The van der Waals surface area contributed by atoms with Gasteiger partial charge in [0.05, 0.1) is 15.0 Å². The van der Waals surface area contributed by atoms with Crippen LogP contribution in [0.3, 0.4) is 0 Å². The van der Waals surface area contributed by atoms with Gasteiger partial charge in [-0.05, 0) is 23.4 Å². The highest BCUT2D eigenvalue weighted by Gasteiger charge is 2.24. The molecular weight excluding hydrogens is 419 g/mol. The van der Waals surface area contributed by atoms with E-state index in [0.717, 1.165) is 0 Å². The summed E-state index contributed by atoms with van der Waals surface area (Å²) in [5.74, 6) is -0.117. The normalized spacial score (nSPS) is 12.1. The molecule has 0 aliphatic rings. The van der Waals surface area contributed by atoms with Crippen LogP contribution >= 0.6 is 22.6 Å². The second kappa shape index (κ2) is 7.50. The first-order valence-corrected chi connectivity index (χ1v) is 8.14. The van der Waals surface area contributed by atoms with Crippen LogP contribution in [-0.2, 0) is 4.79 Å². The minimum Gasteiger partial charge on any atom is -0.351 e. The lowest BCUT2D eigenvalue weighted by Gasteiger charge is -2.30. The molecule has 2 rings (SSSR count). The number of nitro benzene ring substituents is 1. The Morgan fingerprint density at radius 3 is 2.78 bits per heavy atom. The van der Waals surface area contributed by atoms with Crippen molar-refractivity contribution in [2.45, 2.75) is 6.17 Å². The number of nitro groups is 1. The Balaban J connectivity index is 2.41. The molecule has 1 aromatic heterocycles. The van der Waals surface area contributed by atoms with Crippen molar-refractivity contribution in [3.8, 4) is 0 Å². The van der Waals surface area contributed by atoms with Gasteiger partial charge in [-0.15, -0.1) is 0 Å². The molecule has 1 heterocycles. The van der Waals surface area contributed by atoms with E-state index < -0.39 is 4.92 Å². The SMILES string of the molecule is CNCC(NC(=O)CI)N(C)c1ccc([N+](=O)[O-])c2nonc12. The number of benzene rings is 1. The number of non-ortho nitro benzene ring substituents is 1. The molecule has 1 aromatic carbocycles. The molecule has 0 spiro atoms. The molecule has 2 aromatic rings. The topological polar surface area (TPSA) is 126 Å². The molecule has 124 valence electrons. The van der Waals surface area contributed by atoms with Crippen LogP contribution in [-0.4, -0.2) is 52.4 Å². The van der Waals surface area contributed by atoms with Crippen LogP contribution in [0.25, 0.3) is 11.0 Å². The zero-order chi connectivity index (χ0) is 17.0. The number of halogens is 1. The fourth-order valence-electron chi connectivity index (χ4n) is 2.14. The monoisotopic (exact) mass is 434 g/mol. The van der Waals surface area contributed by atoms with Gasteiger partial charge in [0.25, 0.3) is 0 Å². The lowest BCUT2D eigenvalue weighted by molar-refractivity contribution is -0.383. The second-order valence-electron chi connectivity index (χ2n) is 4.71. The Morgan fingerprint density at radius 1 is 1.48 bits per heavy atom. The quantitative estimate of drug-likeness (QED) is 0.214. The number of carbonyl (C=O) groups is 1. The number of aromatic nitrogens is 2. The lowest BCUT2D eigenvalue weighted by atomic mass is 10.2. The van der Waals surface area contributed by atoms with Gasteiger partial charge in [-0.1, -0.05) is 22.6 Å². The maximum Gasteiger partial charge on any atom is 0.300 e. The van der Waals surface area contributed by atoms with Crippen molar-refractivity contribution in [2.75, 3.05) is 30.0 Å². The minimum absolute atomic E-state index is 0.0720. The number of alkyl halides is 1. The third kappa shape index (κ3) is 3.67. The van der Waals surface area contributed by atoms with Crippen molar-refractivity contribution in [3.63, 3.8) is 0 Å². The van der Waals surface area contributed by atoms with Crippen molar-refractivity contribution in [2.24, 2.45) is 0 Å². The van der Waals surface area contributed by atoms with E-state index >= 15 is 0 Å². The molecule has 0 aliphatic carbocycles. The first kappa shape index (κ1) is 17.3. The fraction of sp³-hybridized carbons (Fsp3) is 0.417. The third-order valence-corrected chi connectivity index (χ3v) is 3.96. The molecule has 23 heavy (non-hydrogen) atoms. The van der Waals surface area contributed by atoms with Crippen molar-refractivity contribution in [1.82, 2.24) is 20.9 Å². The predicted molar refractivity (Wildman–Crippen MR) is 91.6 cm³/mol. The van der Waals surface area contributed by atoms with E-state index in [0.29, 0.717) is 16.7 Å². The van der Waals surface area contributed by atoms with Crippen LogP contribution in [0.4, 0.5) is 11.4 Å². The number of anilines is 1. The van der Waals surface area contributed by atoms with E-state index in [4.69, 9.17) is 0 Å². The highest BCUT2D eigenvalue weighted by molar-refractivity contribution is 14.1. The van der Waals surface area contributed by atoms with Crippen molar-refractivity contribution in [1.29, 1.82) is 0 Å². The zero-order valence-corrected chi connectivity index (χ0v) is 14.6. The smallest absolute Gasteiger partial charge is 0.300 e. The number of fused-ring (bicyclic) bond motifs is 1. The van der Waals surface area contributed by atoms with Gasteiger partial charge in [-0.3, -0.25) is 14.9 Å². The summed E-state index contributed by atoms with van der Waals surface area (Å²) in [5.41, 5.74) is 0.732. The summed E-state index contributed by atoms with van der Waals surface area (Å²) >= 11 is 1.97. The Bertz CT molecular complexity index is 721. The fourth-order valence-corrected chi connectivity index (χ4v) is 2.36. The summed E-state index contributed by atoms with van der Waals surface area (Å²) in [7, 11) is 3.52. The van der Waals surface area contributed by atoms with Crippen LogP contribution in [0.2, 0.25) is 0 Å². The van der Waals surface area contributed by atoms with E-state index in [1.807, 2.05) is 22.6 Å². The average Bonchev–Trinajstić information content (AvgIpc) is 3.01. The largest absolute Gasteiger partial charge is 0.351 e. The van der Waals surface area contributed by atoms with E-state index in [1.165, 1.54) is 6.07 Å². The van der Waals surface area contributed by atoms with Crippen LogP contribution in [0.1, 0.15) is 0 Å². The molecule has 0 bridgehead atoms. The number of likely N-dealkylation sites (N-methyl/N-ethyl adjacent to an activating group) is 2. The van der Waals surface area contributed by atoms with Crippen molar-refractivity contribution >= 4 is 50.9 Å². The number of hydrogen-bond donors (Lipinski definition) is 2. The van der Waals surface area contributed by atoms with Crippen LogP contribution in [0, 0.1) is 10.1 Å². The van der Waals surface area contributed by atoms with E-state index in [9.17, 15) is 14.9 Å². The molecule has 0 saturated carbocycles. The summed E-state index contributed by atoms with van der Waals surface area (Å²) in [6, 6.07) is 2.90. The van der Waals surface area contributed by atoms with Gasteiger partial charge >= 0.3 is 5.69 Å². The summed E-state index contributed by atoms with van der Waals surface area (Å²) < 4.78 is 4.98. The van der Waals surface area contributed by atoms with Gasteiger partial charge in [0, 0.05) is 19.7 Å². The van der Waals surface area contributed by atoms with E-state index in [2.05, 4.69) is 25.6 Å². The highest BCUT2D eigenvalue weighted by atomic mass is 127. The lowest BCUT2D eigenvalue weighted by Crippen LogP contribution is -2.52. The van der Waals surface area contributed by atoms with Gasteiger partial charge in [-0.2, -0.15) is 0 Å². The summed E-state index contributed by atoms with van der Waals surface area (Å²) in [6.45, 7) is 0.475. The maximum atomic E-state index is 11.7. The molecule has 1 atom stereocenters. The maximum absolute atomic E-state index is 11.7.